The van der Waals surface area contributed by atoms with Gasteiger partial charge in [-0.2, -0.15) is 26.3 Å². The third-order valence-corrected chi connectivity index (χ3v) is 2.23. The van der Waals surface area contributed by atoms with E-state index >= 15 is 0 Å². The molecule has 0 unspecified atom stereocenters. The quantitative estimate of drug-likeness (QED) is 0.816. The molecule has 1 aromatic carbocycles. The summed E-state index contributed by atoms with van der Waals surface area (Å²) in [5.74, 6) is -2.76. The third-order valence-electron chi connectivity index (χ3n) is 2.23. The predicted octanol–water partition coefficient (Wildman–Crippen LogP) is 3.52. The standard InChI is InChI=1S/C10H7F3N2.C2HF3O2/c11-10(12,13)8-3-1-2-4-9(8)15-6-5-14-7-15;3-2(4,5)1(6)7/h1-7H;(H,6,7). The number of alkyl halides is 6. The van der Waals surface area contributed by atoms with Gasteiger partial charge in [-0.3, -0.25) is 0 Å². The summed E-state index contributed by atoms with van der Waals surface area (Å²) >= 11 is 0. The van der Waals surface area contributed by atoms with E-state index in [1.54, 1.807) is 6.07 Å². The molecular formula is C12H8F6N2O2. The lowest BCUT2D eigenvalue weighted by Gasteiger charge is -2.12. The second-order valence-electron chi connectivity index (χ2n) is 3.79. The fraction of sp³-hybridized carbons (Fsp3) is 0.167. The zero-order chi connectivity index (χ0) is 17.0. The fourth-order valence-electron chi connectivity index (χ4n) is 1.34. The number of halogens is 6. The van der Waals surface area contributed by atoms with Gasteiger partial charge in [0.2, 0.25) is 0 Å². The Labute approximate surface area is 119 Å². The molecule has 0 radical (unpaired) electrons. The topological polar surface area (TPSA) is 55.1 Å². The van der Waals surface area contributed by atoms with Crippen molar-refractivity contribution in [1.82, 2.24) is 9.55 Å². The highest BCUT2D eigenvalue weighted by molar-refractivity contribution is 5.73. The Morgan fingerprint density at radius 2 is 1.64 bits per heavy atom. The molecule has 22 heavy (non-hydrogen) atoms. The highest BCUT2D eigenvalue weighted by Gasteiger charge is 2.38. The highest BCUT2D eigenvalue weighted by atomic mass is 19.4. The highest BCUT2D eigenvalue weighted by Crippen LogP contribution is 2.33. The van der Waals surface area contributed by atoms with Crippen molar-refractivity contribution >= 4 is 5.97 Å². The third kappa shape index (κ3) is 4.79. The number of hydrogen-bond acceptors (Lipinski definition) is 2. The van der Waals surface area contributed by atoms with Crippen molar-refractivity contribution in [3.05, 3.63) is 48.5 Å². The molecule has 1 aromatic heterocycles. The van der Waals surface area contributed by atoms with E-state index in [0.29, 0.717) is 0 Å². The Morgan fingerprint density at radius 1 is 1.09 bits per heavy atom. The molecule has 0 bridgehead atoms. The Bertz CT molecular complexity index is 619. The molecule has 0 amide bonds. The van der Waals surface area contributed by atoms with E-state index in [0.717, 1.165) is 6.07 Å². The monoisotopic (exact) mass is 326 g/mol. The molecular weight excluding hydrogens is 318 g/mol. The van der Waals surface area contributed by atoms with Crippen LogP contribution >= 0.6 is 0 Å². The van der Waals surface area contributed by atoms with Crippen LogP contribution < -0.4 is 0 Å². The van der Waals surface area contributed by atoms with Crippen molar-refractivity contribution in [3.8, 4) is 5.69 Å². The number of carboxylic acids is 1. The molecule has 2 rings (SSSR count). The van der Waals surface area contributed by atoms with Gasteiger partial charge in [0, 0.05) is 12.4 Å². The van der Waals surface area contributed by atoms with Crippen LogP contribution in [0, 0.1) is 0 Å². The van der Waals surface area contributed by atoms with Crippen molar-refractivity contribution in [1.29, 1.82) is 0 Å². The summed E-state index contributed by atoms with van der Waals surface area (Å²) in [5.41, 5.74) is -0.578. The van der Waals surface area contributed by atoms with Crippen LogP contribution in [0.5, 0.6) is 0 Å². The van der Waals surface area contributed by atoms with E-state index < -0.39 is 23.9 Å². The van der Waals surface area contributed by atoms with Crippen LogP contribution in [-0.4, -0.2) is 26.8 Å². The molecule has 0 aliphatic heterocycles. The van der Waals surface area contributed by atoms with Crippen molar-refractivity contribution in [2.75, 3.05) is 0 Å². The molecule has 0 saturated carbocycles. The average molecular weight is 326 g/mol. The lowest BCUT2D eigenvalue weighted by molar-refractivity contribution is -0.192. The first-order chi connectivity index (χ1) is 10.0. The molecule has 0 saturated heterocycles. The van der Waals surface area contributed by atoms with Gasteiger partial charge < -0.3 is 9.67 Å². The maximum absolute atomic E-state index is 12.6. The number of benzene rings is 1. The maximum atomic E-state index is 12.6. The van der Waals surface area contributed by atoms with E-state index in [9.17, 15) is 26.3 Å². The van der Waals surface area contributed by atoms with Gasteiger partial charge in [0.15, 0.2) is 0 Å². The van der Waals surface area contributed by atoms with Crippen molar-refractivity contribution in [2.45, 2.75) is 12.4 Å². The number of hydrogen-bond donors (Lipinski definition) is 1. The van der Waals surface area contributed by atoms with Crippen molar-refractivity contribution in [3.63, 3.8) is 0 Å². The largest absolute Gasteiger partial charge is 0.490 e. The summed E-state index contributed by atoms with van der Waals surface area (Å²) in [4.78, 5) is 12.6. The van der Waals surface area contributed by atoms with Crippen LogP contribution in [0.1, 0.15) is 5.56 Å². The molecule has 4 nitrogen and oxygen atoms in total. The fourth-order valence-corrected chi connectivity index (χ4v) is 1.34. The number of rotatable bonds is 1. The van der Waals surface area contributed by atoms with E-state index in [4.69, 9.17) is 9.90 Å². The zero-order valence-corrected chi connectivity index (χ0v) is 10.6. The van der Waals surface area contributed by atoms with Gasteiger partial charge in [0.1, 0.15) is 0 Å². The SMILES string of the molecule is FC(F)(F)c1ccccc1-n1ccnc1.O=C(O)C(F)(F)F. The number of para-hydroxylation sites is 1. The minimum atomic E-state index is -5.08. The number of carboxylic acid groups (broad SMARTS) is 1. The van der Waals surface area contributed by atoms with Crippen LogP contribution in [0.25, 0.3) is 5.69 Å². The minimum Gasteiger partial charge on any atom is -0.475 e. The summed E-state index contributed by atoms with van der Waals surface area (Å²) in [5, 5.41) is 7.12. The summed E-state index contributed by atoms with van der Waals surface area (Å²) < 4.78 is 70.9. The lowest BCUT2D eigenvalue weighted by Crippen LogP contribution is -2.21. The molecule has 0 atom stereocenters. The molecule has 0 aliphatic rings. The zero-order valence-electron chi connectivity index (χ0n) is 10.6. The summed E-state index contributed by atoms with van der Waals surface area (Å²) in [6.45, 7) is 0. The normalized spacial score (nSPS) is 11.5. The number of carbonyl (C=O) groups is 1. The lowest BCUT2D eigenvalue weighted by atomic mass is 10.1. The van der Waals surface area contributed by atoms with Crippen LogP contribution in [-0.2, 0) is 11.0 Å². The Hall–Kier alpha value is -2.52. The van der Waals surface area contributed by atoms with Crippen LogP contribution in [0.3, 0.4) is 0 Å². The second kappa shape index (κ2) is 6.50. The average Bonchev–Trinajstić information content (AvgIpc) is 2.91. The van der Waals surface area contributed by atoms with E-state index in [1.165, 1.54) is 35.4 Å². The Morgan fingerprint density at radius 3 is 2.05 bits per heavy atom. The first-order valence-corrected chi connectivity index (χ1v) is 5.48. The van der Waals surface area contributed by atoms with Crippen molar-refractivity contribution in [2.24, 2.45) is 0 Å². The van der Waals surface area contributed by atoms with Crippen molar-refractivity contribution < 1.29 is 36.2 Å². The number of aromatic nitrogens is 2. The number of nitrogens with zero attached hydrogens (tertiary/aromatic N) is 2. The van der Waals surface area contributed by atoms with Gasteiger partial charge in [0.05, 0.1) is 17.6 Å². The van der Waals surface area contributed by atoms with Gasteiger partial charge in [0.25, 0.3) is 0 Å². The minimum absolute atomic E-state index is 0.0856. The first kappa shape index (κ1) is 17.5. The van der Waals surface area contributed by atoms with Gasteiger partial charge in [-0.25, -0.2) is 9.78 Å². The van der Waals surface area contributed by atoms with Crippen LogP contribution in [0.2, 0.25) is 0 Å². The van der Waals surface area contributed by atoms with E-state index in [1.807, 2.05) is 0 Å². The Kier molecular flexibility index (Phi) is 5.18. The van der Waals surface area contributed by atoms with E-state index in [2.05, 4.69) is 4.98 Å². The van der Waals surface area contributed by atoms with Gasteiger partial charge in [-0.05, 0) is 12.1 Å². The smallest absolute Gasteiger partial charge is 0.475 e. The second-order valence-corrected chi connectivity index (χ2v) is 3.79. The first-order valence-electron chi connectivity index (χ1n) is 5.48. The van der Waals surface area contributed by atoms with Crippen LogP contribution in [0.4, 0.5) is 26.3 Å². The number of imidazole rings is 1. The van der Waals surface area contributed by atoms with Crippen LogP contribution in [0.15, 0.2) is 43.0 Å². The molecule has 1 heterocycles. The molecule has 0 aliphatic carbocycles. The van der Waals surface area contributed by atoms with Gasteiger partial charge >= 0.3 is 18.3 Å². The van der Waals surface area contributed by atoms with E-state index in [-0.39, 0.29) is 5.69 Å². The Balaban J connectivity index is 0.000000295. The summed E-state index contributed by atoms with van der Waals surface area (Å²) in [7, 11) is 0. The summed E-state index contributed by atoms with van der Waals surface area (Å²) in [6.07, 6.45) is -5.18. The predicted molar refractivity (Wildman–Crippen MR) is 62.3 cm³/mol. The number of aliphatic carboxylic acids is 1. The molecule has 2 aromatic rings. The molecule has 120 valence electrons. The molecule has 0 spiro atoms. The van der Waals surface area contributed by atoms with Gasteiger partial charge in [-0.15, -0.1) is 0 Å². The van der Waals surface area contributed by atoms with Gasteiger partial charge in [-0.1, -0.05) is 12.1 Å². The summed E-state index contributed by atoms with van der Waals surface area (Å²) in [6, 6.07) is 5.38. The molecule has 0 fully saturated rings. The molecule has 1 N–H and O–H groups in total. The molecule has 10 heteroatoms. The maximum Gasteiger partial charge on any atom is 0.490 e.